The van der Waals surface area contributed by atoms with Gasteiger partial charge in [0, 0.05) is 5.02 Å². The molecule has 0 unspecified atom stereocenters. The SMILES string of the molecule is NCCC1(Cc2ccccc2Cl)CC1. The second-order valence-electron chi connectivity index (χ2n) is 4.31. The molecule has 0 heterocycles. The van der Waals surface area contributed by atoms with Crippen LogP contribution in [0.25, 0.3) is 0 Å². The van der Waals surface area contributed by atoms with Crippen molar-refractivity contribution in [2.24, 2.45) is 11.1 Å². The third-order valence-electron chi connectivity index (χ3n) is 3.16. The first-order valence-corrected chi connectivity index (χ1v) is 5.57. The highest BCUT2D eigenvalue weighted by atomic mass is 35.5. The van der Waals surface area contributed by atoms with E-state index >= 15 is 0 Å². The fourth-order valence-electron chi connectivity index (χ4n) is 2.04. The van der Waals surface area contributed by atoms with Crippen LogP contribution in [0.5, 0.6) is 0 Å². The maximum Gasteiger partial charge on any atom is 0.0438 e. The van der Waals surface area contributed by atoms with Crippen LogP contribution in [0.1, 0.15) is 24.8 Å². The molecule has 0 amide bonds. The lowest BCUT2D eigenvalue weighted by Gasteiger charge is -2.14. The van der Waals surface area contributed by atoms with Gasteiger partial charge in [-0.15, -0.1) is 0 Å². The number of nitrogens with two attached hydrogens (primary N) is 1. The minimum atomic E-state index is 0.486. The molecule has 0 aromatic heterocycles. The minimum absolute atomic E-state index is 0.486. The molecule has 0 aliphatic heterocycles. The van der Waals surface area contributed by atoms with Gasteiger partial charge in [0.1, 0.15) is 0 Å². The molecule has 2 heteroatoms. The van der Waals surface area contributed by atoms with Crippen molar-refractivity contribution in [3.05, 3.63) is 34.9 Å². The van der Waals surface area contributed by atoms with Crippen LogP contribution in [-0.2, 0) is 6.42 Å². The van der Waals surface area contributed by atoms with Crippen molar-refractivity contribution < 1.29 is 0 Å². The molecule has 0 spiro atoms. The van der Waals surface area contributed by atoms with E-state index in [1.807, 2.05) is 12.1 Å². The molecular weight excluding hydrogens is 194 g/mol. The average Bonchev–Trinajstić information content (AvgIpc) is 2.90. The molecule has 1 aliphatic carbocycles. The van der Waals surface area contributed by atoms with Gasteiger partial charge in [0.25, 0.3) is 0 Å². The fraction of sp³-hybridized carbons (Fsp3) is 0.500. The van der Waals surface area contributed by atoms with Crippen LogP contribution in [-0.4, -0.2) is 6.54 Å². The predicted octanol–water partition coefficient (Wildman–Crippen LogP) is 3.01. The third kappa shape index (κ3) is 2.10. The van der Waals surface area contributed by atoms with Crippen LogP contribution in [0.4, 0.5) is 0 Å². The summed E-state index contributed by atoms with van der Waals surface area (Å²) in [6, 6.07) is 8.13. The summed E-state index contributed by atoms with van der Waals surface area (Å²) in [6.45, 7) is 0.796. The summed E-state index contributed by atoms with van der Waals surface area (Å²) in [7, 11) is 0. The van der Waals surface area contributed by atoms with Crippen LogP contribution < -0.4 is 5.73 Å². The zero-order valence-electron chi connectivity index (χ0n) is 8.30. The highest BCUT2D eigenvalue weighted by molar-refractivity contribution is 6.31. The van der Waals surface area contributed by atoms with Crippen LogP contribution >= 0.6 is 11.6 Å². The Labute approximate surface area is 90.3 Å². The van der Waals surface area contributed by atoms with E-state index in [-0.39, 0.29) is 0 Å². The number of halogens is 1. The Morgan fingerprint density at radius 2 is 2.00 bits per heavy atom. The largest absolute Gasteiger partial charge is 0.330 e. The molecule has 1 saturated carbocycles. The number of benzene rings is 1. The first-order valence-electron chi connectivity index (χ1n) is 5.19. The molecule has 0 atom stereocenters. The molecule has 0 radical (unpaired) electrons. The lowest BCUT2D eigenvalue weighted by molar-refractivity contribution is 0.471. The van der Waals surface area contributed by atoms with Crippen molar-refractivity contribution in [3.8, 4) is 0 Å². The Kier molecular flexibility index (Phi) is 2.80. The molecule has 2 rings (SSSR count). The van der Waals surface area contributed by atoms with Crippen LogP contribution in [0.15, 0.2) is 24.3 Å². The molecule has 14 heavy (non-hydrogen) atoms. The normalized spacial score (nSPS) is 18.1. The topological polar surface area (TPSA) is 26.0 Å². The Hall–Kier alpha value is -0.530. The van der Waals surface area contributed by atoms with Gasteiger partial charge in [-0.05, 0) is 49.3 Å². The van der Waals surface area contributed by atoms with E-state index in [0.29, 0.717) is 5.41 Å². The second kappa shape index (κ2) is 3.92. The van der Waals surface area contributed by atoms with E-state index in [2.05, 4.69) is 12.1 Å². The highest BCUT2D eigenvalue weighted by Crippen LogP contribution is 2.51. The average molecular weight is 210 g/mol. The number of hydrogen-bond acceptors (Lipinski definition) is 1. The van der Waals surface area contributed by atoms with Gasteiger partial charge < -0.3 is 5.73 Å². The molecule has 76 valence electrons. The van der Waals surface area contributed by atoms with Crippen molar-refractivity contribution in [2.75, 3.05) is 6.54 Å². The highest BCUT2D eigenvalue weighted by Gasteiger charge is 2.41. The van der Waals surface area contributed by atoms with Gasteiger partial charge in [-0.2, -0.15) is 0 Å². The van der Waals surface area contributed by atoms with Gasteiger partial charge in [0.2, 0.25) is 0 Å². The van der Waals surface area contributed by atoms with Gasteiger partial charge >= 0.3 is 0 Å². The quantitative estimate of drug-likeness (QED) is 0.811. The third-order valence-corrected chi connectivity index (χ3v) is 3.52. The molecule has 1 aliphatic rings. The van der Waals surface area contributed by atoms with Crippen molar-refractivity contribution in [2.45, 2.75) is 25.7 Å². The maximum atomic E-state index is 6.13. The van der Waals surface area contributed by atoms with Gasteiger partial charge in [-0.25, -0.2) is 0 Å². The van der Waals surface area contributed by atoms with Crippen molar-refractivity contribution in [1.82, 2.24) is 0 Å². The maximum absolute atomic E-state index is 6.13. The standard InChI is InChI=1S/C12H16ClN/c13-11-4-2-1-3-10(11)9-12(5-6-12)7-8-14/h1-4H,5-9,14H2. The molecule has 2 N–H and O–H groups in total. The van der Waals surface area contributed by atoms with Crippen molar-refractivity contribution in [3.63, 3.8) is 0 Å². The minimum Gasteiger partial charge on any atom is -0.330 e. The van der Waals surface area contributed by atoms with Crippen LogP contribution in [0, 0.1) is 5.41 Å². The van der Waals surface area contributed by atoms with Gasteiger partial charge in [-0.3, -0.25) is 0 Å². The summed E-state index contributed by atoms with van der Waals surface area (Å²) in [5.41, 5.74) is 7.38. The zero-order valence-corrected chi connectivity index (χ0v) is 9.06. The van der Waals surface area contributed by atoms with E-state index in [0.717, 1.165) is 24.4 Å². The molecule has 1 fully saturated rings. The summed E-state index contributed by atoms with van der Waals surface area (Å²) < 4.78 is 0. The number of hydrogen-bond donors (Lipinski definition) is 1. The zero-order chi connectivity index (χ0) is 10.0. The van der Waals surface area contributed by atoms with Crippen LogP contribution in [0.3, 0.4) is 0 Å². The molecule has 1 aromatic carbocycles. The lowest BCUT2D eigenvalue weighted by atomic mass is 9.93. The summed E-state index contributed by atoms with van der Waals surface area (Å²) in [5, 5.41) is 0.899. The van der Waals surface area contributed by atoms with E-state index in [1.54, 1.807) is 0 Å². The van der Waals surface area contributed by atoms with Gasteiger partial charge in [-0.1, -0.05) is 29.8 Å². The summed E-state index contributed by atoms with van der Waals surface area (Å²) in [4.78, 5) is 0. The Balaban J connectivity index is 2.07. The van der Waals surface area contributed by atoms with Gasteiger partial charge in [0.05, 0.1) is 0 Å². The predicted molar refractivity (Wildman–Crippen MR) is 60.5 cm³/mol. The summed E-state index contributed by atoms with van der Waals surface area (Å²) >= 11 is 6.13. The second-order valence-corrected chi connectivity index (χ2v) is 4.71. The molecule has 0 bridgehead atoms. The van der Waals surface area contributed by atoms with Crippen LogP contribution in [0.2, 0.25) is 5.02 Å². The first-order chi connectivity index (χ1) is 6.76. The Morgan fingerprint density at radius 3 is 2.57 bits per heavy atom. The Morgan fingerprint density at radius 1 is 1.29 bits per heavy atom. The molecule has 1 aromatic rings. The molecule has 1 nitrogen and oxygen atoms in total. The molecular formula is C12H16ClN. The van der Waals surface area contributed by atoms with Gasteiger partial charge in [0.15, 0.2) is 0 Å². The monoisotopic (exact) mass is 209 g/mol. The first kappa shape index (κ1) is 10.0. The van der Waals surface area contributed by atoms with E-state index < -0.39 is 0 Å². The number of rotatable bonds is 4. The van der Waals surface area contributed by atoms with E-state index in [1.165, 1.54) is 18.4 Å². The summed E-state index contributed by atoms with van der Waals surface area (Å²) in [5.74, 6) is 0. The summed E-state index contributed by atoms with van der Waals surface area (Å²) in [6.07, 6.45) is 4.87. The van der Waals surface area contributed by atoms with Crippen molar-refractivity contribution in [1.29, 1.82) is 0 Å². The smallest absolute Gasteiger partial charge is 0.0438 e. The Bertz CT molecular complexity index is 318. The fourth-order valence-corrected chi connectivity index (χ4v) is 2.25. The van der Waals surface area contributed by atoms with E-state index in [4.69, 9.17) is 17.3 Å². The van der Waals surface area contributed by atoms with E-state index in [9.17, 15) is 0 Å². The molecule has 0 saturated heterocycles. The lowest BCUT2D eigenvalue weighted by Crippen LogP contribution is -2.12. The van der Waals surface area contributed by atoms with Crippen molar-refractivity contribution >= 4 is 11.6 Å².